The normalized spacial score (nSPS) is 10.6. The van der Waals surface area contributed by atoms with E-state index in [1.807, 2.05) is 6.07 Å². The SMILES string of the molecule is Cc1ccc(CNCC(=O)NCCc2ccc(Cl)cc2Cl)cc1. The van der Waals surface area contributed by atoms with Crippen molar-refractivity contribution < 1.29 is 4.79 Å². The van der Waals surface area contributed by atoms with E-state index in [1.54, 1.807) is 12.1 Å². The molecule has 0 atom stereocenters. The molecule has 0 spiro atoms. The Morgan fingerprint density at radius 2 is 1.83 bits per heavy atom. The molecule has 2 rings (SSSR count). The van der Waals surface area contributed by atoms with Gasteiger partial charge in [0.25, 0.3) is 0 Å². The largest absolute Gasteiger partial charge is 0.355 e. The molecule has 0 fully saturated rings. The first-order valence-electron chi connectivity index (χ1n) is 7.51. The van der Waals surface area contributed by atoms with Crippen LogP contribution in [0.3, 0.4) is 0 Å². The molecule has 0 aliphatic carbocycles. The van der Waals surface area contributed by atoms with Gasteiger partial charge < -0.3 is 10.6 Å². The van der Waals surface area contributed by atoms with Gasteiger partial charge in [-0.3, -0.25) is 4.79 Å². The number of hydrogen-bond acceptors (Lipinski definition) is 2. The van der Waals surface area contributed by atoms with Gasteiger partial charge >= 0.3 is 0 Å². The fourth-order valence-electron chi connectivity index (χ4n) is 2.15. The van der Waals surface area contributed by atoms with Crippen LogP contribution in [0.15, 0.2) is 42.5 Å². The van der Waals surface area contributed by atoms with Gasteiger partial charge in [-0.25, -0.2) is 0 Å². The molecule has 23 heavy (non-hydrogen) atoms. The van der Waals surface area contributed by atoms with Crippen molar-refractivity contribution in [1.82, 2.24) is 10.6 Å². The maximum atomic E-state index is 11.8. The maximum Gasteiger partial charge on any atom is 0.233 e. The van der Waals surface area contributed by atoms with Crippen molar-refractivity contribution in [3.63, 3.8) is 0 Å². The van der Waals surface area contributed by atoms with Crippen LogP contribution in [0.25, 0.3) is 0 Å². The van der Waals surface area contributed by atoms with Crippen LogP contribution in [0.1, 0.15) is 16.7 Å². The second-order valence-corrected chi connectivity index (χ2v) is 6.27. The van der Waals surface area contributed by atoms with Crippen LogP contribution in [0.2, 0.25) is 10.0 Å². The van der Waals surface area contributed by atoms with Gasteiger partial charge in [0.15, 0.2) is 0 Å². The molecule has 2 aromatic carbocycles. The number of benzene rings is 2. The zero-order valence-corrected chi connectivity index (χ0v) is 14.5. The Hall–Kier alpha value is -1.55. The predicted molar refractivity (Wildman–Crippen MR) is 96.1 cm³/mol. The highest BCUT2D eigenvalue weighted by atomic mass is 35.5. The van der Waals surface area contributed by atoms with Crippen LogP contribution in [0.5, 0.6) is 0 Å². The minimum Gasteiger partial charge on any atom is -0.355 e. The molecule has 1 amide bonds. The Kier molecular flexibility index (Phi) is 6.90. The predicted octanol–water partition coefficient (Wildman–Crippen LogP) is 3.75. The summed E-state index contributed by atoms with van der Waals surface area (Å²) in [7, 11) is 0. The Bertz CT molecular complexity index is 657. The average molecular weight is 351 g/mol. The summed E-state index contributed by atoms with van der Waals surface area (Å²) < 4.78 is 0. The highest BCUT2D eigenvalue weighted by molar-refractivity contribution is 6.35. The zero-order valence-electron chi connectivity index (χ0n) is 13.0. The monoisotopic (exact) mass is 350 g/mol. The van der Waals surface area contributed by atoms with Crippen molar-refractivity contribution in [2.75, 3.05) is 13.1 Å². The molecule has 0 aliphatic heterocycles. The molecule has 0 saturated carbocycles. The highest BCUT2D eigenvalue weighted by Crippen LogP contribution is 2.20. The molecule has 0 bridgehead atoms. The number of hydrogen-bond donors (Lipinski definition) is 2. The Morgan fingerprint density at radius 3 is 2.52 bits per heavy atom. The van der Waals surface area contributed by atoms with E-state index in [2.05, 4.69) is 41.8 Å². The van der Waals surface area contributed by atoms with E-state index >= 15 is 0 Å². The number of carbonyl (C=O) groups is 1. The van der Waals surface area contributed by atoms with Gasteiger partial charge in [0.05, 0.1) is 6.54 Å². The summed E-state index contributed by atoms with van der Waals surface area (Å²) >= 11 is 12.0. The standard InChI is InChI=1S/C18H20Cl2N2O/c1-13-2-4-14(5-3-13)11-21-12-18(23)22-9-8-15-6-7-16(19)10-17(15)20/h2-7,10,21H,8-9,11-12H2,1H3,(H,22,23). The fourth-order valence-corrected chi connectivity index (χ4v) is 2.65. The molecule has 0 unspecified atom stereocenters. The van der Waals surface area contributed by atoms with Gasteiger partial charge in [0.2, 0.25) is 5.91 Å². The van der Waals surface area contributed by atoms with Gasteiger partial charge in [-0.1, -0.05) is 59.1 Å². The van der Waals surface area contributed by atoms with Crippen molar-refractivity contribution in [3.05, 3.63) is 69.2 Å². The fraction of sp³-hybridized carbons (Fsp3) is 0.278. The molecular formula is C18H20Cl2N2O. The van der Waals surface area contributed by atoms with Crippen molar-refractivity contribution in [2.45, 2.75) is 19.9 Å². The Labute approximate surface area is 147 Å². The van der Waals surface area contributed by atoms with E-state index in [9.17, 15) is 4.79 Å². The summed E-state index contributed by atoms with van der Waals surface area (Å²) in [5.41, 5.74) is 3.37. The number of nitrogens with one attached hydrogen (secondary N) is 2. The summed E-state index contributed by atoms with van der Waals surface area (Å²) in [5, 5.41) is 7.25. The van der Waals surface area contributed by atoms with Crippen molar-refractivity contribution in [1.29, 1.82) is 0 Å². The number of halogens is 2. The third-order valence-electron chi connectivity index (χ3n) is 3.47. The minimum atomic E-state index is -0.0257. The first kappa shape index (κ1) is 17.8. The summed E-state index contributed by atoms with van der Waals surface area (Å²) in [4.78, 5) is 11.8. The molecule has 0 saturated heterocycles. The molecule has 0 aliphatic rings. The lowest BCUT2D eigenvalue weighted by Crippen LogP contribution is -2.34. The van der Waals surface area contributed by atoms with Crippen molar-refractivity contribution >= 4 is 29.1 Å². The van der Waals surface area contributed by atoms with Gasteiger partial charge in [-0.15, -0.1) is 0 Å². The van der Waals surface area contributed by atoms with E-state index in [0.717, 1.165) is 11.1 Å². The quantitative estimate of drug-likeness (QED) is 0.798. The molecule has 0 aromatic heterocycles. The van der Waals surface area contributed by atoms with Crippen LogP contribution < -0.4 is 10.6 Å². The van der Waals surface area contributed by atoms with Crippen LogP contribution >= 0.6 is 23.2 Å². The minimum absolute atomic E-state index is 0.0257. The third kappa shape index (κ3) is 6.22. The van der Waals surface area contributed by atoms with E-state index in [0.29, 0.717) is 36.1 Å². The number of aryl methyl sites for hydroxylation is 1. The molecule has 3 nitrogen and oxygen atoms in total. The van der Waals surface area contributed by atoms with Crippen LogP contribution in [0.4, 0.5) is 0 Å². The van der Waals surface area contributed by atoms with E-state index in [4.69, 9.17) is 23.2 Å². The van der Waals surface area contributed by atoms with Gasteiger partial charge in [0.1, 0.15) is 0 Å². The Balaban J connectivity index is 1.66. The second-order valence-electron chi connectivity index (χ2n) is 5.42. The number of rotatable bonds is 7. The summed E-state index contributed by atoms with van der Waals surface area (Å²) in [5.74, 6) is -0.0257. The molecule has 2 N–H and O–H groups in total. The van der Waals surface area contributed by atoms with Crippen LogP contribution in [-0.4, -0.2) is 19.0 Å². The second kappa shape index (κ2) is 8.92. The number of amides is 1. The first-order valence-corrected chi connectivity index (χ1v) is 8.27. The highest BCUT2D eigenvalue weighted by Gasteiger charge is 2.04. The van der Waals surface area contributed by atoms with Gasteiger partial charge in [-0.05, 0) is 36.6 Å². The zero-order chi connectivity index (χ0) is 16.7. The number of carbonyl (C=O) groups excluding carboxylic acids is 1. The van der Waals surface area contributed by atoms with Crippen LogP contribution in [0, 0.1) is 6.92 Å². The van der Waals surface area contributed by atoms with Crippen molar-refractivity contribution in [2.24, 2.45) is 0 Å². The maximum absolute atomic E-state index is 11.8. The lowest BCUT2D eigenvalue weighted by atomic mass is 10.1. The van der Waals surface area contributed by atoms with Crippen LogP contribution in [-0.2, 0) is 17.8 Å². The smallest absolute Gasteiger partial charge is 0.233 e. The molecule has 122 valence electrons. The first-order chi connectivity index (χ1) is 11.0. The topological polar surface area (TPSA) is 41.1 Å². The molecule has 5 heteroatoms. The summed E-state index contributed by atoms with van der Waals surface area (Å²) in [6.07, 6.45) is 0.680. The third-order valence-corrected chi connectivity index (χ3v) is 4.05. The van der Waals surface area contributed by atoms with E-state index < -0.39 is 0 Å². The molecular weight excluding hydrogens is 331 g/mol. The van der Waals surface area contributed by atoms with E-state index in [-0.39, 0.29) is 5.91 Å². The summed E-state index contributed by atoms with van der Waals surface area (Å²) in [6, 6.07) is 13.6. The van der Waals surface area contributed by atoms with Gasteiger partial charge in [0, 0.05) is 23.1 Å². The molecule has 0 heterocycles. The average Bonchev–Trinajstić information content (AvgIpc) is 2.51. The van der Waals surface area contributed by atoms with E-state index in [1.165, 1.54) is 5.56 Å². The van der Waals surface area contributed by atoms with Crippen molar-refractivity contribution in [3.8, 4) is 0 Å². The molecule has 2 aromatic rings. The lowest BCUT2D eigenvalue weighted by Gasteiger charge is -2.08. The Morgan fingerprint density at radius 1 is 1.09 bits per heavy atom. The molecule has 0 radical (unpaired) electrons. The van der Waals surface area contributed by atoms with Gasteiger partial charge in [-0.2, -0.15) is 0 Å². The summed E-state index contributed by atoms with van der Waals surface area (Å²) in [6.45, 7) is 3.57. The lowest BCUT2D eigenvalue weighted by molar-refractivity contribution is -0.120.